The first kappa shape index (κ1) is 31.8. The van der Waals surface area contributed by atoms with Gasteiger partial charge in [0.05, 0.1) is 12.2 Å². The third kappa shape index (κ3) is 12.0. The van der Waals surface area contributed by atoms with Crippen molar-refractivity contribution < 1.29 is 27.6 Å². The summed E-state index contributed by atoms with van der Waals surface area (Å²) in [6.45, 7) is 2.51. The standard InChI is InChI=1S/C31H46O6S/c1-2-3-4-5-6-7-8-9-10-11-12-13-14-15-16-20-23-37-29-25-28(32)27(24-30(29)38(34,35)36)31(33)26-21-18-17-19-22-26/h17-19,21-22,24-25,32H,2-16,20,23H2,1H3,(H,34,35,36). The number of hydrogen-bond acceptors (Lipinski definition) is 5. The summed E-state index contributed by atoms with van der Waals surface area (Å²) in [5, 5.41) is 10.4. The summed E-state index contributed by atoms with van der Waals surface area (Å²) in [5.74, 6) is -1.10. The Morgan fingerprint density at radius 1 is 0.737 bits per heavy atom. The molecule has 0 aliphatic heterocycles. The van der Waals surface area contributed by atoms with E-state index in [-0.39, 0.29) is 17.9 Å². The zero-order valence-corrected chi connectivity index (χ0v) is 23.8. The highest BCUT2D eigenvalue weighted by atomic mass is 32.2. The van der Waals surface area contributed by atoms with Gasteiger partial charge in [-0.3, -0.25) is 9.35 Å². The maximum atomic E-state index is 12.7. The predicted molar refractivity (Wildman–Crippen MR) is 153 cm³/mol. The molecule has 2 aromatic rings. The molecule has 0 atom stereocenters. The Hall–Kier alpha value is -2.38. The van der Waals surface area contributed by atoms with Gasteiger partial charge in [0.2, 0.25) is 0 Å². The summed E-state index contributed by atoms with van der Waals surface area (Å²) < 4.78 is 39.2. The van der Waals surface area contributed by atoms with Crippen molar-refractivity contribution in [2.75, 3.05) is 6.61 Å². The molecule has 2 aromatic carbocycles. The fourth-order valence-electron chi connectivity index (χ4n) is 4.62. The summed E-state index contributed by atoms with van der Waals surface area (Å²) in [7, 11) is -4.65. The SMILES string of the molecule is CCCCCCCCCCCCCCCCCCOc1cc(O)c(C(=O)c2ccccc2)cc1S(=O)(=O)O. The number of rotatable bonds is 21. The minimum Gasteiger partial charge on any atom is -0.507 e. The number of benzene rings is 2. The van der Waals surface area contributed by atoms with E-state index in [0.717, 1.165) is 31.4 Å². The molecule has 0 bridgehead atoms. The summed E-state index contributed by atoms with van der Waals surface area (Å²) in [4.78, 5) is 12.2. The van der Waals surface area contributed by atoms with Crippen molar-refractivity contribution in [3.05, 3.63) is 53.6 Å². The molecule has 212 valence electrons. The van der Waals surface area contributed by atoms with Crippen LogP contribution in [0.5, 0.6) is 11.5 Å². The number of unbranched alkanes of at least 4 members (excludes halogenated alkanes) is 15. The minimum atomic E-state index is -4.65. The molecule has 0 unspecified atom stereocenters. The van der Waals surface area contributed by atoms with E-state index >= 15 is 0 Å². The fourth-order valence-corrected chi connectivity index (χ4v) is 5.26. The maximum Gasteiger partial charge on any atom is 0.298 e. The molecule has 0 amide bonds. The topological polar surface area (TPSA) is 101 Å². The van der Waals surface area contributed by atoms with E-state index in [1.807, 2.05) is 0 Å². The molecule has 2 N–H and O–H groups in total. The molecule has 0 saturated carbocycles. The lowest BCUT2D eigenvalue weighted by molar-refractivity contribution is 0.103. The Bertz CT molecular complexity index is 1050. The Morgan fingerprint density at radius 3 is 1.68 bits per heavy atom. The minimum absolute atomic E-state index is 0.157. The number of hydrogen-bond donors (Lipinski definition) is 2. The van der Waals surface area contributed by atoms with Crippen LogP contribution in [-0.2, 0) is 10.1 Å². The van der Waals surface area contributed by atoms with Crippen LogP contribution in [0.3, 0.4) is 0 Å². The van der Waals surface area contributed by atoms with Gasteiger partial charge in [0.25, 0.3) is 10.1 Å². The van der Waals surface area contributed by atoms with Gasteiger partial charge in [0.15, 0.2) is 5.78 Å². The highest BCUT2D eigenvalue weighted by molar-refractivity contribution is 7.86. The molecule has 0 fully saturated rings. The van der Waals surface area contributed by atoms with Gasteiger partial charge < -0.3 is 9.84 Å². The third-order valence-corrected chi connectivity index (χ3v) is 7.75. The van der Waals surface area contributed by atoms with Crippen molar-refractivity contribution >= 4 is 15.9 Å². The van der Waals surface area contributed by atoms with Gasteiger partial charge in [-0.15, -0.1) is 0 Å². The van der Waals surface area contributed by atoms with Gasteiger partial charge >= 0.3 is 0 Å². The Morgan fingerprint density at radius 2 is 1.21 bits per heavy atom. The lowest BCUT2D eigenvalue weighted by Crippen LogP contribution is -2.09. The molecule has 2 rings (SSSR count). The molecular weight excluding hydrogens is 500 g/mol. The molecule has 0 radical (unpaired) electrons. The number of carbonyl (C=O) groups is 1. The van der Waals surface area contributed by atoms with Gasteiger partial charge in [0, 0.05) is 11.6 Å². The van der Waals surface area contributed by atoms with E-state index in [2.05, 4.69) is 6.92 Å². The van der Waals surface area contributed by atoms with E-state index in [1.165, 1.54) is 83.5 Å². The van der Waals surface area contributed by atoms with Crippen molar-refractivity contribution in [1.29, 1.82) is 0 Å². The summed E-state index contributed by atoms with van der Waals surface area (Å²) in [6, 6.07) is 10.3. The smallest absolute Gasteiger partial charge is 0.298 e. The Labute approximate surface area is 229 Å². The zero-order chi connectivity index (χ0) is 27.6. The normalized spacial score (nSPS) is 11.5. The van der Waals surface area contributed by atoms with Gasteiger partial charge in [-0.2, -0.15) is 8.42 Å². The predicted octanol–water partition coefficient (Wildman–Crippen LogP) is 8.51. The van der Waals surface area contributed by atoms with Gasteiger partial charge in [-0.05, 0) is 12.5 Å². The maximum absolute atomic E-state index is 12.7. The van der Waals surface area contributed by atoms with E-state index in [9.17, 15) is 22.9 Å². The second kappa shape index (κ2) is 18.0. The number of phenolic OH excluding ortho intramolecular Hbond substituents is 1. The number of ketones is 1. The van der Waals surface area contributed by atoms with Crippen molar-refractivity contribution in [2.24, 2.45) is 0 Å². The highest BCUT2D eigenvalue weighted by Crippen LogP contribution is 2.33. The molecule has 0 aliphatic rings. The third-order valence-electron chi connectivity index (χ3n) is 6.88. The molecule has 7 heteroatoms. The van der Waals surface area contributed by atoms with Gasteiger partial charge in [-0.25, -0.2) is 0 Å². The number of carbonyl (C=O) groups excluding carboxylic acids is 1. The van der Waals surface area contributed by atoms with Crippen molar-refractivity contribution in [2.45, 2.75) is 115 Å². The number of aromatic hydroxyl groups is 1. The lowest BCUT2D eigenvalue weighted by Gasteiger charge is -2.13. The molecular formula is C31H46O6S. The van der Waals surface area contributed by atoms with Crippen molar-refractivity contribution in [3.63, 3.8) is 0 Å². The molecule has 0 aliphatic carbocycles. The molecule has 0 spiro atoms. The van der Waals surface area contributed by atoms with Crippen LogP contribution in [0, 0.1) is 0 Å². The summed E-state index contributed by atoms with van der Waals surface area (Å²) in [5.41, 5.74) is 0.0875. The molecule has 0 saturated heterocycles. The van der Waals surface area contributed by atoms with E-state index in [4.69, 9.17) is 4.74 Å². The van der Waals surface area contributed by atoms with Crippen LogP contribution in [0.15, 0.2) is 47.4 Å². The molecule has 6 nitrogen and oxygen atoms in total. The molecule has 0 aromatic heterocycles. The van der Waals surface area contributed by atoms with Crippen molar-refractivity contribution in [3.8, 4) is 11.5 Å². The largest absolute Gasteiger partial charge is 0.507 e. The van der Waals surface area contributed by atoms with Crippen LogP contribution in [-0.4, -0.2) is 30.5 Å². The van der Waals surface area contributed by atoms with Crippen LogP contribution >= 0.6 is 0 Å². The van der Waals surface area contributed by atoms with E-state index in [0.29, 0.717) is 5.56 Å². The zero-order valence-electron chi connectivity index (χ0n) is 23.0. The fraction of sp³-hybridized carbons (Fsp3) is 0.581. The Kier molecular flexibility index (Phi) is 15.1. The van der Waals surface area contributed by atoms with Crippen LogP contribution in [0.4, 0.5) is 0 Å². The molecule has 0 heterocycles. The average Bonchev–Trinajstić information content (AvgIpc) is 2.90. The van der Waals surface area contributed by atoms with Crippen LogP contribution < -0.4 is 4.74 Å². The monoisotopic (exact) mass is 546 g/mol. The number of ether oxygens (including phenoxy) is 1. The van der Waals surface area contributed by atoms with Gasteiger partial charge in [-0.1, -0.05) is 134 Å². The highest BCUT2D eigenvalue weighted by Gasteiger charge is 2.24. The van der Waals surface area contributed by atoms with Crippen LogP contribution in [0.1, 0.15) is 126 Å². The van der Waals surface area contributed by atoms with Gasteiger partial charge in [0.1, 0.15) is 16.4 Å². The van der Waals surface area contributed by atoms with Crippen LogP contribution in [0.2, 0.25) is 0 Å². The van der Waals surface area contributed by atoms with E-state index < -0.39 is 26.5 Å². The van der Waals surface area contributed by atoms with E-state index in [1.54, 1.807) is 30.3 Å². The first-order valence-corrected chi connectivity index (χ1v) is 15.9. The first-order chi connectivity index (χ1) is 18.3. The quantitative estimate of drug-likeness (QED) is 0.0924. The Balaban J connectivity index is 1.65. The van der Waals surface area contributed by atoms with Crippen LogP contribution in [0.25, 0.3) is 0 Å². The molecule has 38 heavy (non-hydrogen) atoms. The average molecular weight is 547 g/mol. The second-order valence-corrected chi connectivity index (χ2v) is 11.5. The second-order valence-electron chi connectivity index (χ2n) is 10.1. The summed E-state index contributed by atoms with van der Waals surface area (Å²) in [6.07, 6.45) is 20.1. The first-order valence-electron chi connectivity index (χ1n) is 14.4. The number of phenols is 1. The van der Waals surface area contributed by atoms with Crippen molar-refractivity contribution in [1.82, 2.24) is 0 Å². The summed E-state index contributed by atoms with van der Waals surface area (Å²) >= 11 is 0. The lowest BCUT2D eigenvalue weighted by atomic mass is 10.0.